The number of rotatable bonds is 4. The summed E-state index contributed by atoms with van der Waals surface area (Å²) in [5.74, 6) is -0.509. The van der Waals surface area contributed by atoms with Crippen molar-refractivity contribution in [1.82, 2.24) is 10.5 Å². The van der Waals surface area contributed by atoms with Crippen molar-refractivity contribution in [3.05, 3.63) is 42.2 Å². The van der Waals surface area contributed by atoms with Crippen LogP contribution in [0.4, 0.5) is 0 Å². The minimum absolute atomic E-state index is 0.0460. The van der Waals surface area contributed by atoms with Crippen LogP contribution in [0.15, 0.2) is 40.9 Å². The molecule has 0 atom stereocenters. The second-order valence-corrected chi connectivity index (χ2v) is 7.31. The van der Waals surface area contributed by atoms with Crippen molar-refractivity contribution < 1.29 is 18.8 Å². The average Bonchev–Trinajstić information content (AvgIpc) is 2.99. The van der Waals surface area contributed by atoms with Crippen LogP contribution >= 0.6 is 0 Å². The minimum Gasteiger partial charge on any atom is -0.460 e. The Hall–Kier alpha value is -2.63. The average molecular weight is 342 g/mol. The number of hydrogen-bond acceptors (Lipinski definition) is 5. The fraction of sp³-hybridized carbons (Fsp3) is 0.421. The topological polar surface area (TPSA) is 81.4 Å². The summed E-state index contributed by atoms with van der Waals surface area (Å²) in [4.78, 5) is 24.2. The molecule has 0 spiro atoms. The predicted octanol–water partition coefficient (Wildman–Crippen LogP) is 3.19. The lowest BCUT2D eigenvalue weighted by atomic mass is 9.80. The summed E-state index contributed by atoms with van der Waals surface area (Å²) in [5, 5.41) is 6.80. The summed E-state index contributed by atoms with van der Waals surface area (Å²) in [5.41, 5.74) is 1.02. The van der Waals surface area contributed by atoms with Crippen molar-refractivity contribution in [3.63, 3.8) is 0 Å². The molecule has 0 radical (unpaired) electrons. The van der Waals surface area contributed by atoms with E-state index in [9.17, 15) is 9.59 Å². The third-order valence-electron chi connectivity index (χ3n) is 4.02. The first-order valence-electron chi connectivity index (χ1n) is 8.38. The first-order chi connectivity index (χ1) is 11.8. The SMILES string of the molecule is CC(C)(C)OC(=O)[C@H]1C[C@@H](NC(=O)c2cc(-c3ccccc3)no2)C1. The Bertz CT molecular complexity index is 755. The third-order valence-corrected chi connectivity index (χ3v) is 4.02. The molecule has 6 nitrogen and oxygen atoms in total. The number of nitrogens with one attached hydrogen (secondary N) is 1. The van der Waals surface area contributed by atoms with E-state index in [0.717, 1.165) is 5.56 Å². The number of amides is 1. The molecule has 0 aliphatic heterocycles. The van der Waals surface area contributed by atoms with Gasteiger partial charge in [-0.1, -0.05) is 35.5 Å². The number of ether oxygens (including phenoxy) is 1. The molecule has 1 amide bonds. The van der Waals surface area contributed by atoms with Crippen LogP contribution in [0.1, 0.15) is 44.2 Å². The second-order valence-electron chi connectivity index (χ2n) is 7.31. The maximum Gasteiger partial charge on any atom is 0.309 e. The number of aromatic nitrogens is 1. The fourth-order valence-electron chi connectivity index (χ4n) is 2.70. The van der Waals surface area contributed by atoms with Gasteiger partial charge in [0.2, 0.25) is 5.76 Å². The quantitative estimate of drug-likeness (QED) is 0.863. The van der Waals surface area contributed by atoms with Gasteiger partial charge in [-0.25, -0.2) is 0 Å². The van der Waals surface area contributed by atoms with Gasteiger partial charge in [-0.05, 0) is 33.6 Å². The number of carbonyl (C=O) groups is 2. The number of nitrogens with zero attached hydrogens (tertiary/aromatic N) is 1. The maximum atomic E-state index is 12.2. The largest absolute Gasteiger partial charge is 0.460 e. The zero-order valence-corrected chi connectivity index (χ0v) is 14.6. The van der Waals surface area contributed by atoms with E-state index in [1.165, 1.54) is 0 Å². The third kappa shape index (κ3) is 4.26. The van der Waals surface area contributed by atoms with Crippen molar-refractivity contribution in [2.45, 2.75) is 45.3 Å². The van der Waals surface area contributed by atoms with Crippen LogP contribution in [0, 0.1) is 5.92 Å². The van der Waals surface area contributed by atoms with Gasteiger partial charge in [0.25, 0.3) is 5.91 Å². The summed E-state index contributed by atoms with van der Waals surface area (Å²) in [6.07, 6.45) is 1.17. The Labute approximate surface area is 146 Å². The molecular weight excluding hydrogens is 320 g/mol. The molecule has 1 aromatic carbocycles. The van der Waals surface area contributed by atoms with Crippen molar-refractivity contribution in [2.75, 3.05) is 0 Å². The van der Waals surface area contributed by atoms with E-state index in [1.54, 1.807) is 6.07 Å². The fourth-order valence-corrected chi connectivity index (χ4v) is 2.70. The Morgan fingerprint density at radius 2 is 1.88 bits per heavy atom. The monoisotopic (exact) mass is 342 g/mol. The highest BCUT2D eigenvalue weighted by molar-refractivity contribution is 5.92. The summed E-state index contributed by atoms with van der Waals surface area (Å²) < 4.78 is 10.5. The van der Waals surface area contributed by atoms with Crippen LogP contribution in [0.25, 0.3) is 11.3 Å². The van der Waals surface area contributed by atoms with Crippen molar-refractivity contribution in [2.24, 2.45) is 5.92 Å². The molecule has 132 valence electrons. The van der Waals surface area contributed by atoms with E-state index in [0.29, 0.717) is 18.5 Å². The molecule has 1 aliphatic rings. The van der Waals surface area contributed by atoms with Gasteiger partial charge in [-0.15, -0.1) is 0 Å². The first kappa shape index (κ1) is 17.2. The van der Waals surface area contributed by atoms with Crippen LogP contribution in [-0.2, 0) is 9.53 Å². The second kappa shape index (κ2) is 6.70. The minimum atomic E-state index is -0.487. The normalized spacial score (nSPS) is 19.8. The van der Waals surface area contributed by atoms with Crippen LogP contribution in [0.3, 0.4) is 0 Å². The highest BCUT2D eigenvalue weighted by Crippen LogP contribution is 2.30. The van der Waals surface area contributed by atoms with Crippen LogP contribution in [0.2, 0.25) is 0 Å². The van der Waals surface area contributed by atoms with Gasteiger partial charge in [-0.3, -0.25) is 9.59 Å². The van der Waals surface area contributed by atoms with E-state index < -0.39 is 5.60 Å². The van der Waals surface area contributed by atoms with E-state index >= 15 is 0 Å². The molecule has 0 unspecified atom stereocenters. The molecule has 1 N–H and O–H groups in total. The van der Waals surface area contributed by atoms with Gasteiger partial charge < -0.3 is 14.6 Å². The molecule has 1 heterocycles. The highest BCUT2D eigenvalue weighted by Gasteiger charge is 2.38. The van der Waals surface area contributed by atoms with Gasteiger partial charge in [-0.2, -0.15) is 0 Å². The van der Waals surface area contributed by atoms with Gasteiger partial charge in [0.05, 0.1) is 5.92 Å². The molecule has 0 bridgehead atoms. The van der Waals surface area contributed by atoms with Crippen LogP contribution in [0.5, 0.6) is 0 Å². The maximum absolute atomic E-state index is 12.2. The van der Waals surface area contributed by atoms with Crippen LogP contribution < -0.4 is 5.32 Å². The lowest BCUT2D eigenvalue weighted by molar-refractivity contribution is -0.163. The van der Waals surface area contributed by atoms with E-state index in [4.69, 9.17) is 9.26 Å². The van der Waals surface area contributed by atoms with E-state index in [1.807, 2.05) is 51.1 Å². The lowest BCUT2D eigenvalue weighted by Crippen LogP contribution is -2.48. The van der Waals surface area contributed by atoms with Crippen molar-refractivity contribution >= 4 is 11.9 Å². The predicted molar refractivity (Wildman–Crippen MR) is 91.8 cm³/mol. The highest BCUT2D eigenvalue weighted by atomic mass is 16.6. The van der Waals surface area contributed by atoms with Gasteiger partial charge in [0, 0.05) is 17.7 Å². The van der Waals surface area contributed by atoms with E-state index in [-0.39, 0.29) is 29.6 Å². The Morgan fingerprint density at radius 3 is 2.52 bits per heavy atom. The van der Waals surface area contributed by atoms with E-state index in [2.05, 4.69) is 10.5 Å². The summed E-state index contributed by atoms with van der Waals surface area (Å²) in [6.45, 7) is 5.53. The molecule has 25 heavy (non-hydrogen) atoms. The molecule has 2 aromatic rings. The number of benzene rings is 1. The number of carbonyl (C=O) groups excluding carboxylic acids is 2. The van der Waals surface area contributed by atoms with Crippen molar-refractivity contribution in [1.29, 1.82) is 0 Å². The first-order valence-corrected chi connectivity index (χ1v) is 8.38. The summed E-state index contributed by atoms with van der Waals surface area (Å²) >= 11 is 0. The van der Waals surface area contributed by atoms with Gasteiger partial charge in [0.15, 0.2) is 0 Å². The summed E-state index contributed by atoms with van der Waals surface area (Å²) in [7, 11) is 0. The number of hydrogen-bond donors (Lipinski definition) is 1. The van der Waals surface area contributed by atoms with Gasteiger partial charge in [0.1, 0.15) is 11.3 Å². The van der Waals surface area contributed by atoms with Gasteiger partial charge >= 0.3 is 5.97 Å². The lowest BCUT2D eigenvalue weighted by Gasteiger charge is -2.35. The molecule has 1 fully saturated rings. The molecule has 1 aromatic heterocycles. The molecule has 1 aliphatic carbocycles. The summed E-state index contributed by atoms with van der Waals surface area (Å²) in [6, 6.07) is 11.1. The molecular formula is C19H22N2O4. The smallest absolute Gasteiger partial charge is 0.309 e. The molecule has 0 saturated heterocycles. The standard InChI is InChI=1S/C19H22N2O4/c1-19(2,3)24-18(23)13-9-14(10-13)20-17(22)16-11-15(21-25-16)12-7-5-4-6-8-12/h4-8,11,13-14H,9-10H2,1-3H3,(H,20,22)/t13-,14+. The zero-order valence-electron chi connectivity index (χ0n) is 14.6. The molecule has 6 heteroatoms. The molecule has 1 saturated carbocycles. The van der Waals surface area contributed by atoms with Crippen molar-refractivity contribution in [3.8, 4) is 11.3 Å². The Kier molecular flexibility index (Phi) is 4.61. The zero-order chi connectivity index (χ0) is 18.0. The Balaban J connectivity index is 1.51. The molecule has 3 rings (SSSR count). The van der Waals surface area contributed by atoms with Crippen LogP contribution in [-0.4, -0.2) is 28.7 Å². The Morgan fingerprint density at radius 1 is 1.20 bits per heavy atom. The number of esters is 1.